The van der Waals surface area contributed by atoms with E-state index < -0.39 is 0 Å². The van der Waals surface area contributed by atoms with Gasteiger partial charge in [-0.1, -0.05) is 60.1 Å². The number of nitrogens with one attached hydrogen (secondary N) is 1. The Morgan fingerprint density at radius 1 is 0.960 bits per heavy atom. The fraction of sp³-hybridized carbons (Fsp3) is 0.190. The van der Waals surface area contributed by atoms with Gasteiger partial charge in [-0.25, -0.2) is 4.98 Å². The smallest absolute Gasteiger partial charge is 0.132 e. The number of ether oxygens (including phenoxy) is 1. The second-order valence-corrected chi connectivity index (χ2v) is 6.14. The van der Waals surface area contributed by atoms with Gasteiger partial charge in [-0.3, -0.25) is 0 Å². The maximum Gasteiger partial charge on any atom is 0.132 e. The fourth-order valence-electron chi connectivity index (χ4n) is 2.75. The van der Waals surface area contributed by atoms with E-state index in [9.17, 15) is 0 Å². The molecule has 0 amide bonds. The summed E-state index contributed by atoms with van der Waals surface area (Å²) in [5.41, 5.74) is 4.43. The third-order valence-corrected chi connectivity index (χ3v) is 4.44. The van der Waals surface area contributed by atoms with E-state index in [-0.39, 0.29) is 0 Å². The van der Waals surface area contributed by atoms with Crippen LogP contribution in [-0.4, -0.2) is 18.6 Å². The molecule has 0 saturated heterocycles. The normalized spacial score (nSPS) is 10.6. The molecule has 0 aliphatic heterocycles. The van der Waals surface area contributed by atoms with Gasteiger partial charge in [-0.15, -0.1) is 0 Å². The molecule has 0 spiro atoms. The van der Waals surface area contributed by atoms with Crippen molar-refractivity contribution in [2.24, 2.45) is 0 Å². The molecule has 1 heterocycles. The zero-order valence-corrected chi connectivity index (χ0v) is 15.0. The number of benzene rings is 2. The van der Waals surface area contributed by atoms with E-state index >= 15 is 0 Å². The molecular weight excluding hydrogens is 332 g/mol. The second-order valence-electron chi connectivity index (χ2n) is 5.78. The van der Waals surface area contributed by atoms with Crippen molar-refractivity contribution in [3.8, 4) is 16.9 Å². The van der Waals surface area contributed by atoms with Gasteiger partial charge in [-0.2, -0.15) is 0 Å². The van der Waals surface area contributed by atoms with Gasteiger partial charge in [0, 0.05) is 23.9 Å². The van der Waals surface area contributed by atoms with Gasteiger partial charge in [0.25, 0.3) is 0 Å². The van der Waals surface area contributed by atoms with Crippen molar-refractivity contribution in [2.75, 3.05) is 13.7 Å². The Morgan fingerprint density at radius 2 is 1.72 bits per heavy atom. The fourth-order valence-corrected chi connectivity index (χ4v) is 2.95. The van der Waals surface area contributed by atoms with Crippen LogP contribution in [0.3, 0.4) is 0 Å². The Bertz CT molecular complexity index is 821. The van der Waals surface area contributed by atoms with Crippen molar-refractivity contribution in [1.82, 2.24) is 10.3 Å². The minimum Gasteiger partial charge on any atom is -0.496 e. The number of hydrogen-bond donors (Lipinski definition) is 1. The first kappa shape index (κ1) is 17.5. The van der Waals surface area contributed by atoms with Crippen molar-refractivity contribution >= 4 is 11.6 Å². The first-order valence-electron chi connectivity index (χ1n) is 8.30. The van der Waals surface area contributed by atoms with Crippen molar-refractivity contribution < 1.29 is 4.74 Å². The number of methoxy groups -OCH3 is 1. The highest BCUT2D eigenvalue weighted by molar-refractivity contribution is 6.30. The molecule has 0 aliphatic carbocycles. The third kappa shape index (κ3) is 4.59. The van der Waals surface area contributed by atoms with E-state index in [0.717, 1.165) is 47.5 Å². The zero-order chi connectivity index (χ0) is 17.5. The van der Waals surface area contributed by atoms with Gasteiger partial charge in [0.15, 0.2) is 0 Å². The van der Waals surface area contributed by atoms with Gasteiger partial charge >= 0.3 is 0 Å². The van der Waals surface area contributed by atoms with Gasteiger partial charge in [0.2, 0.25) is 0 Å². The SMILES string of the molecule is COc1ccccc1CNCCc1cc(-c2ccccc2)cnc1Cl. The number of para-hydroxylation sites is 1. The lowest BCUT2D eigenvalue weighted by molar-refractivity contribution is 0.408. The Balaban J connectivity index is 1.61. The number of aromatic nitrogens is 1. The summed E-state index contributed by atoms with van der Waals surface area (Å²) in [6.07, 6.45) is 2.64. The lowest BCUT2D eigenvalue weighted by atomic mass is 10.0. The molecule has 128 valence electrons. The van der Waals surface area contributed by atoms with Crippen LogP contribution < -0.4 is 10.1 Å². The molecule has 3 rings (SSSR count). The Hall–Kier alpha value is -2.36. The van der Waals surface area contributed by atoms with E-state index in [1.165, 1.54) is 0 Å². The monoisotopic (exact) mass is 352 g/mol. The number of hydrogen-bond acceptors (Lipinski definition) is 3. The van der Waals surface area contributed by atoms with Crippen LogP contribution in [0, 0.1) is 0 Å². The second kappa shape index (κ2) is 8.65. The first-order chi connectivity index (χ1) is 12.3. The van der Waals surface area contributed by atoms with Crippen LogP contribution in [0.5, 0.6) is 5.75 Å². The molecule has 0 saturated carbocycles. The number of pyridine rings is 1. The highest BCUT2D eigenvalue weighted by Crippen LogP contribution is 2.23. The van der Waals surface area contributed by atoms with Crippen molar-refractivity contribution in [2.45, 2.75) is 13.0 Å². The Morgan fingerprint density at radius 3 is 2.52 bits per heavy atom. The van der Waals surface area contributed by atoms with Crippen LogP contribution in [0.25, 0.3) is 11.1 Å². The molecule has 3 nitrogen and oxygen atoms in total. The molecular formula is C21H21ClN2O. The molecule has 2 aromatic carbocycles. The van der Waals surface area contributed by atoms with Gasteiger partial charge < -0.3 is 10.1 Å². The van der Waals surface area contributed by atoms with Crippen LogP contribution >= 0.6 is 11.6 Å². The van der Waals surface area contributed by atoms with E-state index in [1.807, 2.05) is 42.6 Å². The molecule has 4 heteroatoms. The topological polar surface area (TPSA) is 34.1 Å². The van der Waals surface area contributed by atoms with Crippen molar-refractivity contribution in [3.05, 3.63) is 83.1 Å². The molecule has 1 aromatic heterocycles. The summed E-state index contributed by atoms with van der Waals surface area (Å²) in [6.45, 7) is 1.57. The summed E-state index contributed by atoms with van der Waals surface area (Å²) in [5.74, 6) is 0.903. The lowest BCUT2D eigenvalue weighted by Crippen LogP contribution is -2.17. The maximum absolute atomic E-state index is 6.27. The van der Waals surface area contributed by atoms with Gasteiger partial charge in [0.1, 0.15) is 10.9 Å². The van der Waals surface area contributed by atoms with E-state index in [2.05, 4.69) is 34.6 Å². The Labute approximate surface area is 153 Å². The minimum atomic E-state index is 0.568. The molecule has 1 N–H and O–H groups in total. The number of halogens is 1. The molecule has 0 unspecified atom stereocenters. The molecule has 0 aliphatic rings. The summed E-state index contributed by atoms with van der Waals surface area (Å²) in [7, 11) is 1.69. The van der Waals surface area contributed by atoms with Crippen molar-refractivity contribution in [3.63, 3.8) is 0 Å². The van der Waals surface area contributed by atoms with E-state index in [1.54, 1.807) is 7.11 Å². The van der Waals surface area contributed by atoms with E-state index in [0.29, 0.717) is 5.15 Å². The predicted octanol–water partition coefficient (Wildman–Crippen LogP) is 4.74. The highest BCUT2D eigenvalue weighted by atomic mass is 35.5. The highest BCUT2D eigenvalue weighted by Gasteiger charge is 2.06. The van der Waals surface area contributed by atoms with Crippen molar-refractivity contribution in [1.29, 1.82) is 0 Å². The number of nitrogens with zero attached hydrogens (tertiary/aromatic N) is 1. The van der Waals surface area contributed by atoms with Crippen LogP contribution in [0.15, 0.2) is 66.9 Å². The molecule has 0 atom stereocenters. The molecule has 3 aromatic rings. The molecule has 0 bridgehead atoms. The average molecular weight is 353 g/mol. The van der Waals surface area contributed by atoms with Crippen LogP contribution in [0.2, 0.25) is 5.15 Å². The quantitative estimate of drug-likeness (QED) is 0.492. The van der Waals surface area contributed by atoms with E-state index in [4.69, 9.17) is 16.3 Å². The van der Waals surface area contributed by atoms with Crippen LogP contribution in [-0.2, 0) is 13.0 Å². The largest absolute Gasteiger partial charge is 0.496 e. The summed E-state index contributed by atoms with van der Waals surface area (Å²) >= 11 is 6.27. The predicted molar refractivity (Wildman–Crippen MR) is 103 cm³/mol. The lowest BCUT2D eigenvalue weighted by Gasteiger charge is -2.10. The number of rotatable bonds is 7. The minimum absolute atomic E-state index is 0.568. The van der Waals surface area contributed by atoms with Crippen LogP contribution in [0.1, 0.15) is 11.1 Å². The van der Waals surface area contributed by atoms with Gasteiger partial charge in [0.05, 0.1) is 7.11 Å². The zero-order valence-electron chi connectivity index (χ0n) is 14.2. The molecule has 25 heavy (non-hydrogen) atoms. The van der Waals surface area contributed by atoms with Crippen LogP contribution in [0.4, 0.5) is 0 Å². The summed E-state index contributed by atoms with van der Waals surface area (Å²) < 4.78 is 5.37. The van der Waals surface area contributed by atoms with Gasteiger partial charge in [-0.05, 0) is 36.2 Å². The summed E-state index contributed by atoms with van der Waals surface area (Å²) in [4.78, 5) is 4.34. The maximum atomic E-state index is 6.27. The summed E-state index contributed by atoms with van der Waals surface area (Å²) in [5, 5.41) is 4.01. The standard InChI is InChI=1S/C21H21ClN2O/c1-25-20-10-6-5-9-18(20)14-23-12-11-17-13-19(15-24-21(17)22)16-7-3-2-4-8-16/h2-10,13,15,23H,11-12,14H2,1H3. The molecule has 0 radical (unpaired) electrons. The summed E-state index contributed by atoms with van der Waals surface area (Å²) in [6, 6.07) is 20.4. The molecule has 0 fully saturated rings. The average Bonchev–Trinajstić information content (AvgIpc) is 2.67. The first-order valence-corrected chi connectivity index (χ1v) is 8.68. The third-order valence-electron chi connectivity index (χ3n) is 4.10. The Kier molecular flexibility index (Phi) is 6.04.